The average molecular weight is 763 g/mol. The molecule has 4 nitrogen and oxygen atoms in total. The molecule has 10 aromatic carbocycles. The molecule has 12 aromatic rings. The Kier molecular flexibility index (Phi) is 7.82. The molecule has 0 aliphatic carbocycles. The molecule has 0 saturated carbocycles. The fourth-order valence-electron chi connectivity index (χ4n) is 9.00. The molecule has 0 aliphatic heterocycles. The summed E-state index contributed by atoms with van der Waals surface area (Å²) in [6.07, 6.45) is 1.84. The summed E-state index contributed by atoms with van der Waals surface area (Å²) in [5, 5.41) is 12.9. The van der Waals surface area contributed by atoms with Gasteiger partial charge in [-0.1, -0.05) is 146 Å². The summed E-state index contributed by atoms with van der Waals surface area (Å²) in [6.45, 7) is 0. The summed E-state index contributed by atoms with van der Waals surface area (Å²) < 4.78 is 0. The third-order valence-corrected chi connectivity index (χ3v) is 11.8. The second-order valence-electron chi connectivity index (χ2n) is 15.5. The van der Waals surface area contributed by atoms with Gasteiger partial charge < -0.3 is 0 Å². The first-order valence-corrected chi connectivity index (χ1v) is 20.3. The number of nitrogens with zero attached hydrogens (tertiary/aromatic N) is 4. The molecule has 0 N–H and O–H groups in total. The summed E-state index contributed by atoms with van der Waals surface area (Å²) in [7, 11) is 0. The Labute approximate surface area is 346 Å². The SMILES string of the molecule is c1ccc(-c2nc(-c3cc(-c4c5ccccc5cc5ccccc45)cc(-c4c5ccccc5cc5ccccc45)c3)nc(-c3ccc4cc5cccnc5cc4c3)n2)cc1. The van der Waals surface area contributed by atoms with Gasteiger partial charge in [0.2, 0.25) is 0 Å². The van der Waals surface area contributed by atoms with Crippen LogP contribution in [-0.2, 0) is 0 Å². The molecule has 0 atom stereocenters. The largest absolute Gasteiger partial charge is 0.256 e. The Morgan fingerprint density at radius 2 is 0.700 bits per heavy atom. The van der Waals surface area contributed by atoms with Crippen LogP contribution in [0.25, 0.3) is 121 Å². The molecule has 0 aliphatic rings. The van der Waals surface area contributed by atoms with Crippen LogP contribution in [0, 0.1) is 0 Å². The quantitative estimate of drug-likeness (QED) is 0.164. The number of benzene rings is 10. The topological polar surface area (TPSA) is 51.6 Å². The number of hydrogen-bond donors (Lipinski definition) is 0. The molecular weight excluding hydrogens is 729 g/mol. The van der Waals surface area contributed by atoms with Crippen LogP contribution in [0.5, 0.6) is 0 Å². The van der Waals surface area contributed by atoms with Crippen molar-refractivity contribution < 1.29 is 0 Å². The van der Waals surface area contributed by atoms with Crippen molar-refractivity contribution in [3.63, 3.8) is 0 Å². The highest BCUT2D eigenvalue weighted by molar-refractivity contribution is 6.16. The van der Waals surface area contributed by atoms with E-state index >= 15 is 0 Å². The third kappa shape index (κ3) is 5.77. The average Bonchev–Trinajstić information content (AvgIpc) is 3.31. The van der Waals surface area contributed by atoms with Crippen molar-refractivity contribution in [3.8, 4) is 56.4 Å². The Morgan fingerprint density at radius 3 is 1.27 bits per heavy atom. The molecule has 0 amide bonds. The molecule has 2 aromatic heterocycles. The Bertz CT molecular complexity index is 3420. The van der Waals surface area contributed by atoms with Crippen molar-refractivity contribution in [2.45, 2.75) is 0 Å². The Hall–Kier alpha value is -8.08. The second-order valence-corrected chi connectivity index (χ2v) is 15.5. The van der Waals surface area contributed by atoms with Gasteiger partial charge in [-0.25, -0.2) is 15.0 Å². The number of aromatic nitrogens is 4. The summed E-state index contributed by atoms with van der Waals surface area (Å²) in [6, 6.07) is 71.4. The Morgan fingerprint density at radius 1 is 0.250 bits per heavy atom. The van der Waals surface area contributed by atoms with Crippen LogP contribution in [0.15, 0.2) is 206 Å². The molecule has 60 heavy (non-hydrogen) atoms. The first kappa shape index (κ1) is 34.0. The van der Waals surface area contributed by atoms with Crippen molar-refractivity contribution in [1.82, 2.24) is 19.9 Å². The molecule has 0 unspecified atom stereocenters. The minimum absolute atomic E-state index is 0.608. The summed E-state index contributed by atoms with van der Waals surface area (Å²) in [5.41, 5.74) is 8.27. The van der Waals surface area contributed by atoms with Gasteiger partial charge in [0.1, 0.15) is 0 Å². The molecule has 0 radical (unpaired) electrons. The molecule has 0 saturated heterocycles. The monoisotopic (exact) mass is 762 g/mol. The van der Waals surface area contributed by atoms with Gasteiger partial charge in [0.25, 0.3) is 0 Å². The van der Waals surface area contributed by atoms with Crippen LogP contribution >= 0.6 is 0 Å². The van der Waals surface area contributed by atoms with E-state index in [-0.39, 0.29) is 0 Å². The van der Waals surface area contributed by atoms with E-state index in [1.165, 1.54) is 54.2 Å². The number of hydrogen-bond acceptors (Lipinski definition) is 4. The lowest BCUT2D eigenvalue weighted by Gasteiger charge is -2.18. The van der Waals surface area contributed by atoms with Crippen LogP contribution in [-0.4, -0.2) is 19.9 Å². The van der Waals surface area contributed by atoms with Gasteiger partial charge in [-0.15, -0.1) is 0 Å². The number of fused-ring (bicyclic) bond motifs is 6. The van der Waals surface area contributed by atoms with Gasteiger partial charge in [0.15, 0.2) is 17.5 Å². The summed E-state index contributed by atoms with van der Waals surface area (Å²) in [4.78, 5) is 20.4. The molecule has 0 spiro atoms. The molecular formula is C56H34N4. The maximum absolute atomic E-state index is 5.35. The summed E-state index contributed by atoms with van der Waals surface area (Å²) >= 11 is 0. The lowest BCUT2D eigenvalue weighted by atomic mass is 9.87. The predicted octanol–water partition coefficient (Wildman–Crippen LogP) is 14.5. The maximum atomic E-state index is 5.35. The van der Waals surface area contributed by atoms with E-state index in [1.807, 2.05) is 30.5 Å². The molecule has 0 fully saturated rings. The standard InChI is InChI=1S/C56H34N4/c1-2-13-35(14-3-1)54-58-55(42-25-24-36-27-41-19-12-26-57-51(41)34-43(36)30-42)60-56(59-54)46-32-44(52-47-20-8-4-15-37(47)28-38-16-5-9-21-48(38)52)31-45(33-46)53-49-22-10-6-17-39(49)29-40-18-7-11-23-50(40)53/h1-34H. The highest BCUT2D eigenvalue weighted by atomic mass is 15.0. The number of pyridine rings is 1. The minimum Gasteiger partial charge on any atom is -0.256 e. The van der Waals surface area contributed by atoms with Crippen molar-refractivity contribution in [3.05, 3.63) is 206 Å². The highest BCUT2D eigenvalue weighted by Gasteiger charge is 2.19. The fraction of sp³-hybridized carbons (Fsp3) is 0. The van der Waals surface area contributed by atoms with Crippen LogP contribution in [0.1, 0.15) is 0 Å². The van der Waals surface area contributed by atoms with Crippen LogP contribution in [0.2, 0.25) is 0 Å². The second kappa shape index (κ2) is 13.8. The van der Waals surface area contributed by atoms with E-state index in [1.54, 1.807) is 0 Å². The van der Waals surface area contributed by atoms with Crippen molar-refractivity contribution in [2.24, 2.45) is 0 Å². The van der Waals surface area contributed by atoms with E-state index in [2.05, 4.69) is 181 Å². The smallest absolute Gasteiger partial charge is 0.164 e. The fourth-order valence-corrected chi connectivity index (χ4v) is 9.00. The van der Waals surface area contributed by atoms with Gasteiger partial charge in [0, 0.05) is 28.3 Å². The van der Waals surface area contributed by atoms with E-state index in [9.17, 15) is 0 Å². The van der Waals surface area contributed by atoms with Crippen LogP contribution < -0.4 is 0 Å². The number of rotatable bonds is 5. The predicted molar refractivity (Wildman–Crippen MR) is 250 cm³/mol. The van der Waals surface area contributed by atoms with Crippen molar-refractivity contribution in [2.75, 3.05) is 0 Å². The van der Waals surface area contributed by atoms with Crippen LogP contribution in [0.3, 0.4) is 0 Å². The van der Waals surface area contributed by atoms with Gasteiger partial charge >= 0.3 is 0 Å². The van der Waals surface area contributed by atoms with Gasteiger partial charge in [-0.05, 0) is 131 Å². The van der Waals surface area contributed by atoms with Crippen LogP contribution in [0.4, 0.5) is 0 Å². The third-order valence-electron chi connectivity index (χ3n) is 11.8. The van der Waals surface area contributed by atoms with Crippen molar-refractivity contribution in [1.29, 1.82) is 0 Å². The molecule has 2 heterocycles. The first-order valence-electron chi connectivity index (χ1n) is 20.3. The minimum atomic E-state index is 0.608. The van der Waals surface area contributed by atoms with Crippen molar-refractivity contribution >= 4 is 64.8 Å². The lowest BCUT2D eigenvalue weighted by Crippen LogP contribution is -2.01. The Balaban J connectivity index is 1.17. The van der Waals surface area contributed by atoms with E-state index in [0.29, 0.717) is 17.5 Å². The zero-order valence-electron chi connectivity index (χ0n) is 32.4. The highest BCUT2D eigenvalue weighted by Crippen LogP contribution is 2.43. The van der Waals surface area contributed by atoms with E-state index in [4.69, 9.17) is 15.0 Å². The zero-order valence-corrected chi connectivity index (χ0v) is 32.4. The molecule has 0 bridgehead atoms. The van der Waals surface area contributed by atoms with E-state index < -0.39 is 0 Å². The van der Waals surface area contributed by atoms with Gasteiger partial charge in [-0.3, -0.25) is 4.98 Å². The normalized spacial score (nSPS) is 11.7. The first-order chi connectivity index (χ1) is 29.7. The van der Waals surface area contributed by atoms with E-state index in [0.717, 1.165) is 49.5 Å². The molecule has 278 valence electrons. The molecule has 12 rings (SSSR count). The van der Waals surface area contributed by atoms with Gasteiger partial charge in [0.05, 0.1) is 5.52 Å². The lowest BCUT2D eigenvalue weighted by molar-refractivity contribution is 1.07. The zero-order chi connectivity index (χ0) is 39.6. The van der Waals surface area contributed by atoms with Gasteiger partial charge in [-0.2, -0.15) is 0 Å². The molecule has 4 heteroatoms. The maximum Gasteiger partial charge on any atom is 0.164 e. The summed E-state index contributed by atoms with van der Waals surface area (Å²) in [5.74, 6) is 1.84.